The van der Waals surface area contributed by atoms with Crippen molar-refractivity contribution >= 4 is 17.4 Å². The van der Waals surface area contributed by atoms with Crippen LogP contribution in [0.1, 0.15) is 13.8 Å². The van der Waals surface area contributed by atoms with Gasteiger partial charge in [0.2, 0.25) is 5.28 Å². The lowest BCUT2D eigenvalue weighted by atomic mass is 10.2. The number of nitrogens with zero attached hydrogens (tertiary/aromatic N) is 4. The highest BCUT2D eigenvalue weighted by Crippen LogP contribution is 2.15. The number of hydrogen-bond donors (Lipinski definition) is 0. The molecule has 1 aliphatic rings. The quantitative estimate of drug-likeness (QED) is 0.772. The third-order valence-electron chi connectivity index (χ3n) is 2.93. The van der Waals surface area contributed by atoms with E-state index in [1.54, 1.807) is 6.20 Å². The molecule has 1 aromatic rings. The number of piperazine rings is 1. The van der Waals surface area contributed by atoms with Crippen molar-refractivity contribution in [2.45, 2.75) is 13.8 Å². The van der Waals surface area contributed by atoms with Gasteiger partial charge in [-0.2, -0.15) is 0 Å². The summed E-state index contributed by atoms with van der Waals surface area (Å²) in [6, 6.07) is 1.92. The predicted molar refractivity (Wildman–Crippen MR) is 70.5 cm³/mol. The molecule has 0 aromatic carbocycles. The van der Waals surface area contributed by atoms with Crippen molar-refractivity contribution < 1.29 is 0 Å². The number of hydrogen-bond acceptors (Lipinski definition) is 4. The van der Waals surface area contributed by atoms with E-state index >= 15 is 0 Å². The first-order valence-electron chi connectivity index (χ1n) is 6.11. The number of rotatable bonds is 3. The topological polar surface area (TPSA) is 32.3 Å². The fourth-order valence-electron chi connectivity index (χ4n) is 2.18. The first kappa shape index (κ1) is 12.6. The zero-order valence-corrected chi connectivity index (χ0v) is 11.2. The van der Waals surface area contributed by atoms with Crippen LogP contribution in [-0.4, -0.2) is 47.6 Å². The molecule has 94 valence electrons. The zero-order valence-electron chi connectivity index (χ0n) is 10.4. The van der Waals surface area contributed by atoms with Crippen molar-refractivity contribution in [3.05, 3.63) is 17.5 Å². The van der Waals surface area contributed by atoms with Gasteiger partial charge >= 0.3 is 0 Å². The molecule has 2 heterocycles. The van der Waals surface area contributed by atoms with Gasteiger partial charge in [0, 0.05) is 38.9 Å². The van der Waals surface area contributed by atoms with Crippen LogP contribution in [-0.2, 0) is 0 Å². The van der Waals surface area contributed by atoms with Gasteiger partial charge in [0.05, 0.1) is 0 Å². The minimum absolute atomic E-state index is 0.326. The van der Waals surface area contributed by atoms with Crippen molar-refractivity contribution in [2.24, 2.45) is 5.92 Å². The highest BCUT2D eigenvalue weighted by molar-refractivity contribution is 6.28. The molecule has 0 N–H and O–H groups in total. The van der Waals surface area contributed by atoms with E-state index in [-0.39, 0.29) is 0 Å². The third kappa shape index (κ3) is 3.54. The van der Waals surface area contributed by atoms with Crippen LogP contribution in [0, 0.1) is 5.92 Å². The lowest BCUT2D eigenvalue weighted by Crippen LogP contribution is -2.47. The maximum absolute atomic E-state index is 5.80. The van der Waals surface area contributed by atoms with E-state index in [1.165, 1.54) is 6.54 Å². The molecule has 4 nitrogen and oxygen atoms in total. The summed E-state index contributed by atoms with van der Waals surface area (Å²) in [5.41, 5.74) is 0. The smallest absolute Gasteiger partial charge is 0.224 e. The lowest BCUT2D eigenvalue weighted by molar-refractivity contribution is 0.231. The van der Waals surface area contributed by atoms with Crippen molar-refractivity contribution in [1.82, 2.24) is 14.9 Å². The zero-order chi connectivity index (χ0) is 12.3. The summed E-state index contributed by atoms with van der Waals surface area (Å²) in [5, 5.41) is 0.326. The third-order valence-corrected chi connectivity index (χ3v) is 3.11. The summed E-state index contributed by atoms with van der Waals surface area (Å²) in [5.74, 6) is 1.67. The lowest BCUT2D eigenvalue weighted by Gasteiger charge is -2.36. The highest BCUT2D eigenvalue weighted by atomic mass is 35.5. The maximum atomic E-state index is 5.80. The maximum Gasteiger partial charge on any atom is 0.224 e. The van der Waals surface area contributed by atoms with E-state index in [1.807, 2.05) is 6.07 Å². The second-order valence-electron chi connectivity index (χ2n) is 4.87. The predicted octanol–water partition coefficient (Wildman–Crippen LogP) is 1.91. The number of halogens is 1. The summed E-state index contributed by atoms with van der Waals surface area (Å²) in [7, 11) is 0. The summed E-state index contributed by atoms with van der Waals surface area (Å²) in [6.45, 7) is 9.92. The Morgan fingerprint density at radius 1 is 1.29 bits per heavy atom. The molecule has 17 heavy (non-hydrogen) atoms. The van der Waals surface area contributed by atoms with Gasteiger partial charge < -0.3 is 4.90 Å². The van der Waals surface area contributed by atoms with Crippen LogP contribution >= 0.6 is 11.6 Å². The molecular weight excluding hydrogens is 236 g/mol. The summed E-state index contributed by atoms with van der Waals surface area (Å²) >= 11 is 5.80. The normalized spacial score (nSPS) is 17.8. The largest absolute Gasteiger partial charge is 0.354 e. The molecule has 0 amide bonds. The molecule has 0 saturated carbocycles. The molecule has 5 heteroatoms. The van der Waals surface area contributed by atoms with Gasteiger partial charge in [-0.3, -0.25) is 4.90 Å². The molecule has 0 unspecified atom stereocenters. The van der Waals surface area contributed by atoms with Gasteiger partial charge in [0.15, 0.2) is 0 Å². The molecule has 0 radical (unpaired) electrons. The van der Waals surface area contributed by atoms with Gasteiger partial charge in [-0.1, -0.05) is 13.8 Å². The van der Waals surface area contributed by atoms with Gasteiger partial charge in [-0.15, -0.1) is 0 Å². The van der Waals surface area contributed by atoms with Gasteiger partial charge in [0.1, 0.15) is 5.82 Å². The Balaban J connectivity index is 1.91. The fourth-order valence-corrected chi connectivity index (χ4v) is 2.32. The van der Waals surface area contributed by atoms with Crippen LogP contribution in [0.5, 0.6) is 0 Å². The Kier molecular flexibility index (Phi) is 4.18. The van der Waals surface area contributed by atoms with Crippen LogP contribution in [0.15, 0.2) is 12.3 Å². The van der Waals surface area contributed by atoms with Crippen molar-refractivity contribution in [2.75, 3.05) is 37.6 Å². The minimum atomic E-state index is 0.326. The van der Waals surface area contributed by atoms with E-state index in [2.05, 4.69) is 33.6 Å². The van der Waals surface area contributed by atoms with Crippen LogP contribution < -0.4 is 4.90 Å². The Bertz CT molecular complexity index is 361. The Morgan fingerprint density at radius 3 is 2.59 bits per heavy atom. The van der Waals surface area contributed by atoms with E-state index in [0.29, 0.717) is 5.28 Å². The fraction of sp³-hybridized carbons (Fsp3) is 0.667. The van der Waals surface area contributed by atoms with Crippen molar-refractivity contribution in [3.8, 4) is 0 Å². The Hall–Kier alpha value is -0.870. The van der Waals surface area contributed by atoms with Crippen LogP contribution in [0.2, 0.25) is 5.28 Å². The second kappa shape index (κ2) is 5.65. The minimum Gasteiger partial charge on any atom is -0.354 e. The van der Waals surface area contributed by atoms with Crippen molar-refractivity contribution in [1.29, 1.82) is 0 Å². The Labute approximate surface area is 108 Å². The SMILES string of the molecule is CC(C)CN1CCN(c2ccnc(Cl)n2)CC1. The molecule has 2 rings (SSSR count). The average Bonchev–Trinajstić information content (AvgIpc) is 2.29. The molecule has 1 aromatic heterocycles. The van der Waals surface area contributed by atoms with E-state index in [4.69, 9.17) is 11.6 Å². The van der Waals surface area contributed by atoms with E-state index < -0.39 is 0 Å². The first-order valence-corrected chi connectivity index (χ1v) is 6.49. The highest BCUT2D eigenvalue weighted by Gasteiger charge is 2.18. The average molecular weight is 255 g/mol. The second-order valence-corrected chi connectivity index (χ2v) is 5.20. The van der Waals surface area contributed by atoms with Crippen LogP contribution in [0.25, 0.3) is 0 Å². The molecule has 1 fully saturated rings. The molecule has 0 atom stereocenters. The van der Waals surface area contributed by atoms with Gasteiger partial charge in [-0.25, -0.2) is 9.97 Å². The molecule has 0 bridgehead atoms. The molecular formula is C12H19ClN4. The molecule has 1 aliphatic heterocycles. The summed E-state index contributed by atoms with van der Waals surface area (Å²) < 4.78 is 0. The monoisotopic (exact) mass is 254 g/mol. The van der Waals surface area contributed by atoms with Gasteiger partial charge in [-0.05, 0) is 23.6 Å². The summed E-state index contributed by atoms with van der Waals surface area (Å²) in [4.78, 5) is 12.9. The standard InChI is InChI=1S/C12H19ClN4/c1-10(2)9-16-5-7-17(8-6-16)11-3-4-14-12(13)15-11/h3-4,10H,5-9H2,1-2H3. The Morgan fingerprint density at radius 2 is 2.00 bits per heavy atom. The van der Waals surface area contributed by atoms with Crippen LogP contribution in [0.3, 0.4) is 0 Å². The van der Waals surface area contributed by atoms with Crippen molar-refractivity contribution in [3.63, 3.8) is 0 Å². The molecule has 0 aliphatic carbocycles. The first-order chi connectivity index (χ1) is 8.15. The number of aromatic nitrogens is 2. The molecule has 0 spiro atoms. The number of anilines is 1. The van der Waals surface area contributed by atoms with Crippen LogP contribution in [0.4, 0.5) is 5.82 Å². The van der Waals surface area contributed by atoms with E-state index in [9.17, 15) is 0 Å². The molecule has 1 saturated heterocycles. The van der Waals surface area contributed by atoms with Gasteiger partial charge in [0.25, 0.3) is 0 Å². The van der Waals surface area contributed by atoms with E-state index in [0.717, 1.165) is 37.9 Å². The summed E-state index contributed by atoms with van der Waals surface area (Å²) in [6.07, 6.45) is 1.71.